The van der Waals surface area contributed by atoms with E-state index >= 15 is 0 Å². The van der Waals surface area contributed by atoms with E-state index in [1.807, 2.05) is 0 Å². The van der Waals surface area contributed by atoms with Gasteiger partial charge in [-0.25, -0.2) is 5.92 Å². The summed E-state index contributed by atoms with van der Waals surface area (Å²) in [4.78, 5) is 3.77. The van der Waals surface area contributed by atoms with Gasteiger partial charge in [-0.2, -0.15) is 12.1 Å². The third-order valence-electron chi connectivity index (χ3n) is 0.733. The first-order chi connectivity index (χ1) is 3.93. The summed E-state index contributed by atoms with van der Waals surface area (Å²) in [5.74, 6) is 2.13. The minimum absolute atomic E-state index is 0. The second-order valence-corrected chi connectivity index (χ2v) is 1.27. The molecule has 0 aliphatic heterocycles. The van der Waals surface area contributed by atoms with E-state index < -0.39 is 0 Å². The Hall–Kier alpha value is 1.62. The first kappa shape index (κ1) is 14.2. The third-order valence-corrected chi connectivity index (χ3v) is 0.733. The van der Waals surface area contributed by atoms with Crippen LogP contribution in [0.5, 0.6) is 0 Å². The fourth-order valence-electron chi connectivity index (χ4n) is 0.393. The van der Waals surface area contributed by atoms with E-state index in [1.165, 1.54) is 0 Å². The molecule has 10 heavy (non-hydrogen) atoms. The number of pyridine rings is 1. The monoisotopic (exact) mass is 275 g/mol. The minimum Gasteiger partial charge on any atom is -0.377 e. The average Bonchev–Trinajstić information content (AvgIpc) is 1.90. The van der Waals surface area contributed by atoms with Gasteiger partial charge >= 0.3 is 58.2 Å². The molecule has 0 fully saturated rings. The average molecular weight is 275 g/mol. The quantitative estimate of drug-likeness (QED) is 0.388. The number of hydrogen-bond acceptors (Lipinski definition) is 1. The van der Waals surface area contributed by atoms with E-state index in [2.05, 4.69) is 17.0 Å². The molecular weight excluding hydrogens is 272 g/mol. The predicted octanol–water partition coefficient (Wildman–Crippen LogP) is -2.18. The van der Waals surface area contributed by atoms with Gasteiger partial charge in [-0.1, -0.05) is 6.20 Å². The van der Waals surface area contributed by atoms with Crippen LogP contribution in [0.3, 0.4) is 0 Å². The Morgan fingerprint density at radius 2 is 2.30 bits per heavy atom. The molecule has 0 saturated carbocycles. The zero-order valence-corrected chi connectivity index (χ0v) is 13.5. The third kappa shape index (κ3) is 5.29. The van der Waals surface area contributed by atoms with Crippen LogP contribution in [0.25, 0.3) is 0 Å². The van der Waals surface area contributed by atoms with E-state index in [4.69, 9.17) is 6.42 Å². The number of rotatable bonds is 0. The largest absolute Gasteiger partial charge is 1.00 e. The summed E-state index contributed by atoms with van der Waals surface area (Å²) in [5, 5.41) is 0. The summed E-state index contributed by atoms with van der Waals surface area (Å²) < 4.78 is 0. The van der Waals surface area contributed by atoms with Crippen molar-refractivity contribution in [2.45, 2.75) is 0 Å². The van der Waals surface area contributed by atoms with E-state index in [0.717, 1.165) is 0 Å². The predicted molar refractivity (Wildman–Crippen MR) is 29.3 cm³/mol. The molecule has 3 heteroatoms. The van der Waals surface area contributed by atoms with Crippen LogP contribution in [0.2, 0.25) is 0 Å². The smallest absolute Gasteiger partial charge is 0.377 e. The molecule has 0 atom stereocenters. The van der Waals surface area contributed by atoms with Crippen molar-refractivity contribution in [3.05, 3.63) is 36.5 Å². The summed E-state index contributed by atoms with van der Waals surface area (Å²) in [7, 11) is 0. The number of nitrogens with zero attached hydrogens (tertiary/aromatic N) is 1. The van der Waals surface area contributed by atoms with Crippen molar-refractivity contribution in [3.63, 3.8) is 0 Å². The van der Waals surface area contributed by atoms with E-state index in [-0.39, 0.29) is 90.9 Å². The molecular formula is C7H3NRbY-. The molecule has 0 aromatic carbocycles. The van der Waals surface area contributed by atoms with Gasteiger partial charge in [-0.15, -0.1) is 6.07 Å². The van der Waals surface area contributed by atoms with Gasteiger partial charge in [-0.05, 0) is 5.69 Å². The summed E-state index contributed by atoms with van der Waals surface area (Å²) in [6.07, 6.45) is 8.19. The first-order valence-corrected chi connectivity index (χ1v) is 2.18. The molecule has 0 aliphatic carbocycles. The summed E-state index contributed by atoms with van der Waals surface area (Å²) in [6.45, 7) is 0. The van der Waals surface area contributed by atoms with Crippen LogP contribution in [-0.4, -0.2) is 4.98 Å². The van der Waals surface area contributed by atoms with Crippen molar-refractivity contribution < 1.29 is 90.9 Å². The van der Waals surface area contributed by atoms with E-state index in [9.17, 15) is 0 Å². The maximum atomic E-state index is 6.61. The second kappa shape index (κ2) is 8.71. The topological polar surface area (TPSA) is 12.9 Å². The molecule has 41 valence electrons. The number of hydrogen-bond donors (Lipinski definition) is 0. The molecule has 0 spiro atoms. The molecule has 0 unspecified atom stereocenters. The van der Waals surface area contributed by atoms with Gasteiger partial charge in [0.1, 0.15) is 0 Å². The molecule has 0 aliphatic rings. The number of aromatic nitrogens is 1. The minimum atomic E-state index is 0. The van der Waals surface area contributed by atoms with Crippen LogP contribution >= 0.6 is 0 Å². The van der Waals surface area contributed by atoms with Crippen molar-refractivity contribution in [3.8, 4) is 5.92 Å². The molecule has 1 aromatic heterocycles. The molecule has 0 saturated heterocycles. The Morgan fingerprint density at radius 1 is 1.60 bits per heavy atom. The molecule has 0 N–H and O–H groups in total. The van der Waals surface area contributed by atoms with Gasteiger partial charge in [0.2, 0.25) is 0 Å². The van der Waals surface area contributed by atoms with Crippen molar-refractivity contribution >= 4 is 0 Å². The van der Waals surface area contributed by atoms with Gasteiger partial charge in [0.25, 0.3) is 0 Å². The summed E-state index contributed by atoms with van der Waals surface area (Å²) >= 11 is 0. The molecule has 1 radical (unpaired) electrons. The van der Waals surface area contributed by atoms with Crippen molar-refractivity contribution in [2.75, 3.05) is 0 Å². The molecule has 1 nitrogen and oxygen atoms in total. The fourth-order valence-corrected chi connectivity index (χ4v) is 0.393. The van der Waals surface area contributed by atoms with E-state index in [1.54, 1.807) is 18.3 Å². The van der Waals surface area contributed by atoms with Crippen LogP contribution in [0, 0.1) is 18.4 Å². The van der Waals surface area contributed by atoms with Crippen LogP contribution in [0.4, 0.5) is 0 Å². The van der Waals surface area contributed by atoms with Crippen molar-refractivity contribution in [1.82, 2.24) is 4.98 Å². The maximum Gasteiger partial charge on any atom is 1.00 e. The molecule has 1 rings (SSSR count). The Balaban J connectivity index is 0. The SMILES string of the molecule is [C-]#Cc1c[c-]ccn1.[Rb+].[Y]. The molecule has 0 amide bonds. The Labute approximate surface area is 135 Å². The van der Waals surface area contributed by atoms with Crippen LogP contribution in [0.15, 0.2) is 18.3 Å². The Bertz CT molecular complexity index is 205. The summed E-state index contributed by atoms with van der Waals surface area (Å²) in [6, 6.07) is 6.05. The van der Waals surface area contributed by atoms with Crippen molar-refractivity contribution in [2.24, 2.45) is 0 Å². The van der Waals surface area contributed by atoms with Gasteiger partial charge in [0, 0.05) is 32.7 Å². The Kier molecular flexibility index (Phi) is 12.3. The van der Waals surface area contributed by atoms with Gasteiger partial charge in [-0.3, -0.25) is 0 Å². The van der Waals surface area contributed by atoms with Gasteiger partial charge in [0.15, 0.2) is 0 Å². The standard InChI is InChI=1S/C7H3N.Rb.Y/c1-2-7-5-3-4-6-8-7;;/h4-6H;;/q-2;+1;. The van der Waals surface area contributed by atoms with Crippen LogP contribution < -0.4 is 58.2 Å². The molecule has 1 heterocycles. The van der Waals surface area contributed by atoms with Crippen molar-refractivity contribution in [1.29, 1.82) is 0 Å². The Morgan fingerprint density at radius 3 is 2.60 bits per heavy atom. The summed E-state index contributed by atoms with van der Waals surface area (Å²) in [5.41, 5.74) is 0.521. The fraction of sp³-hybridized carbons (Fsp3) is 0. The second-order valence-electron chi connectivity index (χ2n) is 1.27. The zero-order valence-electron chi connectivity index (χ0n) is 5.76. The van der Waals surface area contributed by atoms with E-state index in [0.29, 0.717) is 5.69 Å². The van der Waals surface area contributed by atoms with Gasteiger partial charge in [0.05, 0.1) is 0 Å². The van der Waals surface area contributed by atoms with Gasteiger partial charge < -0.3 is 11.4 Å². The van der Waals surface area contributed by atoms with Crippen LogP contribution in [0.1, 0.15) is 5.69 Å². The zero-order chi connectivity index (χ0) is 5.82. The van der Waals surface area contributed by atoms with Crippen LogP contribution in [-0.2, 0) is 32.7 Å². The molecule has 0 bridgehead atoms. The maximum absolute atomic E-state index is 6.61. The molecule has 1 aromatic rings. The first-order valence-electron chi connectivity index (χ1n) is 2.18. The normalized spacial score (nSPS) is 6.30.